The topological polar surface area (TPSA) is 111 Å². The number of carbonyl (C=O) groups excluding carboxylic acids is 1. The van der Waals surface area contributed by atoms with Gasteiger partial charge in [-0.05, 0) is 37.3 Å². The summed E-state index contributed by atoms with van der Waals surface area (Å²) < 4.78 is 25.5. The van der Waals surface area contributed by atoms with Gasteiger partial charge in [0, 0.05) is 18.5 Å². The minimum Gasteiger partial charge on any atom is -0.296 e. The predicted octanol–water partition coefficient (Wildman–Crippen LogP) is 2.81. The Morgan fingerprint density at radius 1 is 1.10 bits per heavy atom. The molecule has 0 saturated carbocycles. The third-order valence-electron chi connectivity index (χ3n) is 4.33. The van der Waals surface area contributed by atoms with E-state index >= 15 is 0 Å². The Kier molecular flexibility index (Phi) is 4.96. The van der Waals surface area contributed by atoms with E-state index in [1.165, 1.54) is 29.1 Å². The second-order valence-corrected chi connectivity index (χ2v) is 9.73. The van der Waals surface area contributed by atoms with Crippen LogP contribution in [0.3, 0.4) is 0 Å². The van der Waals surface area contributed by atoms with E-state index in [-0.39, 0.29) is 15.7 Å². The zero-order valence-electron chi connectivity index (χ0n) is 16.0. The Morgan fingerprint density at radius 2 is 1.83 bits per heavy atom. The van der Waals surface area contributed by atoms with Gasteiger partial charge in [-0.2, -0.15) is 5.10 Å². The zero-order chi connectivity index (χ0) is 21.5. The number of amides is 1. The van der Waals surface area contributed by atoms with E-state index in [9.17, 15) is 18.0 Å². The summed E-state index contributed by atoms with van der Waals surface area (Å²) in [6.45, 7) is 1.96. The Morgan fingerprint density at radius 3 is 2.53 bits per heavy atom. The van der Waals surface area contributed by atoms with Crippen molar-refractivity contribution in [3.8, 4) is 5.69 Å². The van der Waals surface area contributed by atoms with Gasteiger partial charge in [-0.3, -0.25) is 14.9 Å². The molecular weight excluding hydrogens is 424 g/mol. The van der Waals surface area contributed by atoms with Crippen LogP contribution in [0, 0.1) is 6.92 Å². The predicted molar refractivity (Wildman–Crippen MR) is 115 cm³/mol. The highest BCUT2D eigenvalue weighted by Crippen LogP contribution is 2.28. The number of carbonyl (C=O) groups is 1. The minimum absolute atomic E-state index is 0.169. The van der Waals surface area contributed by atoms with Crippen LogP contribution in [-0.2, 0) is 9.84 Å². The Bertz CT molecular complexity index is 1440. The molecule has 152 valence electrons. The number of thiazole rings is 1. The van der Waals surface area contributed by atoms with Crippen molar-refractivity contribution in [3.05, 3.63) is 76.2 Å². The summed E-state index contributed by atoms with van der Waals surface area (Å²) in [4.78, 5) is 29.3. The molecule has 2 heterocycles. The van der Waals surface area contributed by atoms with E-state index in [4.69, 9.17) is 0 Å². The SMILES string of the molecule is Cc1ccc(-n2ccc(=O)c(C(=O)Nc3nc4ccc(S(C)(=O)=O)cc4s3)n2)cc1. The average Bonchev–Trinajstić information content (AvgIpc) is 3.09. The summed E-state index contributed by atoms with van der Waals surface area (Å²) in [5.74, 6) is -0.691. The maximum Gasteiger partial charge on any atom is 0.281 e. The van der Waals surface area contributed by atoms with E-state index in [0.717, 1.165) is 23.2 Å². The van der Waals surface area contributed by atoms with Gasteiger partial charge in [0.1, 0.15) is 0 Å². The fourth-order valence-corrected chi connectivity index (χ4v) is 4.37. The Labute approximate surface area is 175 Å². The first-order valence-electron chi connectivity index (χ1n) is 8.80. The first-order valence-corrected chi connectivity index (χ1v) is 11.5. The van der Waals surface area contributed by atoms with Crippen molar-refractivity contribution in [3.63, 3.8) is 0 Å². The number of aryl methyl sites for hydroxylation is 1. The third kappa shape index (κ3) is 4.00. The van der Waals surface area contributed by atoms with Crippen molar-refractivity contribution in [1.82, 2.24) is 14.8 Å². The molecule has 0 radical (unpaired) electrons. The number of sulfone groups is 1. The van der Waals surface area contributed by atoms with Gasteiger partial charge in [0.2, 0.25) is 5.43 Å². The zero-order valence-corrected chi connectivity index (χ0v) is 17.6. The number of benzene rings is 2. The smallest absolute Gasteiger partial charge is 0.281 e. The van der Waals surface area contributed by atoms with Gasteiger partial charge >= 0.3 is 0 Å². The largest absolute Gasteiger partial charge is 0.296 e. The van der Waals surface area contributed by atoms with E-state index in [1.54, 1.807) is 6.07 Å². The van der Waals surface area contributed by atoms with Gasteiger partial charge in [0.25, 0.3) is 5.91 Å². The molecule has 1 N–H and O–H groups in total. The second-order valence-electron chi connectivity index (χ2n) is 6.68. The monoisotopic (exact) mass is 440 g/mol. The number of hydrogen-bond donors (Lipinski definition) is 1. The van der Waals surface area contributed by atoms with Gasteiger partial charge < -0.3 is 0 Å². The number of aromatic nitrogens is 3. The Balaban J connectivity index is 1.64. The molecule has 0 fully saturated rings. The van der Waals surface area contributed by atoms with Crippen LogP contribution in [0.4, 0.5) is 5.13 Å². The molecule has 0 aliphatic heterocycles. The fourth-order valence-electron chi connectivity index (χ4n) is 2.75. The molecule has 4 rings (SSSR count). The number of fused-ring (bicyclic) bond motifs is 1. The first-order chi connectivity index (χ1) is 14.2. The molecule has 8 nitrogen and oxygen atoms in total. The molecule has 0 unspecified atom stereocenters. The lowest BCUT2D eigenvalue weighted by molar-refractivity contribution is 0.101. The molecule has 0 spiro atoms. The van der Waals surface area contributed by atoms with Crippen LogP contribution in [0.15, 0.2) is 64.4 Å². The van der Waals surface area contributed by atoms with Gasteiger partial charge in [0.05, 0.1) is 20.8 Å². The number of rotatable bonds is 4. The van der Waals surface area contributed by atoms with E-state index in [2.05, 4.69) is 15.4 Å². The van der Waals surface area contributed by atoms with Crippen molar-refractivity contribution in [2.45, 2.75) is 11.8 Å². The maximum atomic E-state index is 12.7. The number of hydrogen-bond acceptors (Lipinski definition) is 7. The lowest BCUT2D eigenvalue weighted by Gasteiger charge is -2.07. The van der Waals surface area contributed by atoms with Crippen molar-refractivity contribution < 1.29 is 13.2 Å². The van der Waals surface area contributed by atoms with Crippen LogP contribution in [0.2, 0.25) is 0 Å². The minimum atomic E-state index is -3.35. The summed E-state index contributed by atoms with van der Waals surface area (Å²) in [5.41, 5.74) is 1.54. The fraction of sp³-hybridized carbons (Fsp3) is 0.100. The summed E-state index contributed by atoms with van der Waals surface area (Å²) in [7, 11) is -3.35. The molecule has 1 amide bonds. The number of nitrogens with one attached hydrogen (secondary N) is 1. The first kappa shape index (κ1) is 19.9. The van der Waals surface area contributed by atoms with Crippen LogP contribution in [-0.4, -0.2) is 35.3 Å². The average molecular weight is 441 g/mol. The van der Waals surface area contributed by atoms with Crippen molar-refractivity contribution in [2.75, 3.05) is 11.6 Å². The van der Waals surface area contributed by atoms with Gasteiger partial charge in [-0.15, -0.1) is 0 Å². The molecule has 0 bridgehead atoms. The van der Waals surface area contributed by atoms with E-state index in [1.807, 2.05) is 31.2 Å². The molecular formula is C20H16N4O4S2. The van der Waals surface area contributed by atoms with Gasteiger partial charge in [-0.25, -0.2) is 18.1 Å². The molecule has 2 aromatic heterocycles. The van der Waals surface area contributed by atoms with Crippen LogP contribution in [0.25, 0.3) is 15.9 Å². The highest BCUT2D eigenvalue weighted by atomic mass is 32.2. The van der Waals surface area contributed by atoms with Crippen LogP contribution < -0.4 is 10.7 Å². The summed E-state index contributed by atoms with van der Waals surface area (Å²) in [5, 5.41) is 6.98. The summed E-state index contributed by atoms with van der Waals surface area (Å²) >= 11 is 1.11. The third-order valence-corrected chi connectivity index (χ3v) is 6.37. The molecule has 10 heteroatoms. The maximum absolute atomic E-state index is 12.7. The number of anilines is 1. The standard InChI is InChI=1S/C20H16N4O4S2/c1-12-3-5-13(6-4-12)24-10-9-16(25)18(23-24)19(26)22-20-21-15-8-7-14(30(2,27)28)11-17(15)29-20/h3-11H,1-2H3,(H,21,22,26). The number of nitrogens with zero attached hydrogens (tertiary/aromatic N) is 3. The summed E-state index contributed by atoms with van der Waals surface area (Å²) in [6, 6.07) is 13.3. The van der Waals surface area contributed by atoms with Crippen molar-refractivity contribution >= 4 is 42.4 Å². The molecule has 0 aliphatic rings. The highest BCUT2D eigenvalue weighted by molar-refractivity contribution is 7.90. The lowest BCUT2D eigenvalue weighted by atomic mass is 10.2. The normalized spacial score (nSPS) is 11.5. The van der Waals surface area contributed by atoms with Crippen LogP contribution in [0.5, 0.6) is 0 Å². The molecule has 4 aromatic rings. The molecule has 2 aromatic carbocycles. The van der Waals surface area contributed by atoms with E-state index < -0.39 is 21.2 Å². The molecule has 0 aliphatic carbocycles. The molecule has 0 atom stereocenters. The second kappa shape index (κ2) is 7.47. The van der Waals surface area contributed by atoms with Crippen molar-refractivity contribution in [2.24, 2.45) is 0 Å². The van der Waals surface area contributed by atoms with Crippen molar-refractivity contribution in [1.29, 1.82) is 0 Å². The summed E-state index contributed by atoms with van der Waals surface area (Å²) in [6.07, 6.45) is 2.62. The Hall–Kier alpha value is -3.37. The van der Waals surface area contributed by atoms with Gasteiger partial charge in [-0.1, -0.05) is 29.0 Å². The quantitative estimate of drug-likeness (QED) is 0.522. The van der Waals surface area contributed by atoms with Crippen LogP contribution in [0.1, 0.15) is 16.1 Å². The lowest BCUT2D eigenvalue weighted by Crippen LogP contribution is -2.25. The highest BCUT2D eigenvalue weighted by Gasteiger charge is 2.17. The van der Waals surface area contributed by atoms with E-state index in [0.29, 0.717) is 15.9 Å². The van der Waals surface area contributed by atoms with Crippen LogP contribution >= 0.6 is 11.3 Å². The molecule has 30 heavy (non-hydrogen) atoms. The molecule has 0 saturated heterocycles. The van der Waals surface area contributed by atoms with Gasteiger partial charge in [0.15, 0.2) is 20.7 Å².